The molecule has 0 bridgehead atoms. The summed E-state index contributed by atoms with van der Waals surface area (Å²) in [5, 5.41) is 13.0. The molecule has 0 aliphatic heterocycles. The van der Waals surface area contributed by atoms with E-state index < -0.39 is 5.97 Å². The van der Waals surface area contributed by atoms with Crippen LogP contribution in [0, 0.1) is 25.2 Å². The average Bonchev–Trinajstić information content (AvgIpc) is 3.16. The number of pyridine rings is 1. The lowest BCUT2D eigenvalue weighted by Gasteiger charge is -2.08. The standard InChI is InChI=1S/C21H19N3O2S2/c1-4-26-21(25)18-9-16(10-22)20(23-14(18)3)28-12-17-11-27-19(24-17)15-7-5-13(2)6-8-15/h5-9,11H,4,12H2,1-3H3. The maximum Gasteiger partial charge on any atom is 0.340 e. The highest BCUT2D eigenvalue weighted by Crippen LogP contribution is 2.29. The molecule has 0 aliphatic carbocycles. The molecule has 142 valence electrons. The van der Waals surface area contributed by atoms with Gasteiger partial charge < -0.3 is 4.74 Å². The van der Waals surface area contributed by atoms with Crippen LogP contribution >= 0.6 is 23.1 Å². The first kappa shape index (κ1) is 20.1. The van der Waals surface area contributed by atoms with Crippen molar-refractivity contribution in [3.05, 3.63) is 63.8 Å². The second-order valence-corrected chi connectivity index (χ2v) is 7.93. The third-order valence-electron chi connectivity index (χ3n) is 4.00. The molecule has 0 unspecified atom stereocenters. The number of nitriles is 1. The van der Waals surface area contributed by atoms with Crippen molar-refractivity contribution in [2.24, 2.45) is 0 Å². The zero-order chi connectivity index (χ0) is 20.1. The molecular formula is C21H19N3O2S2. The van der Waals surface area contributed by atoms with Crippen LogP contribution in [0.3, 0.4) is 0 Å². The maximum absolute atomic E-state index is 12.0. The smallest absolute Gasteiger partial charge is 0.340 e. The van der Waals surface area contributed by atoms with E-state index >= 15 is 0 Å². The zero-order valence-electron chi connectivity index (χ0n) is 15.9. The van der Waals surface area contributed by atoms with E-state index in [9.17, 15) is 10.1 Å². The van der Waals surface area contributed by atoms with E-state index in [1.807, 2.05) is 5.38 Å². The first-order valence-corrected chi connectivity index (χ1v) is 10.6. The van der Waals surface area contributed by atoms with Gasteiger partial charge in [0.25, 0.3) is 0 Å². The summed E-state index contributed by atoms with van der Waals surface area (Å²) < 4.78 is 5.03. The lowest BCUT2D eigenvalue weighted by atomic mass is 10.1. The number of thioether (sulfide) groups is 1. The molecule has 0 fully saturated rings. The number of benzene rings is 1. The summed E-state index contributed by atoms with van der Waals surface area (Å²) in [6.07, 6.45) is 0. The topological polar surface area (TPSA) is 75.9 Å². The largest absolute Gasteiger partial charge is 0.462 e. The lowest BCUT2D eigenvalue weighted by Crippen LogP contribution is -2.09. The summed E-state index contributed by atoms with van der Waals surface area (Å²) in [4.78, 5) is 21.1. The molecule has 0 saturated heterocycles. The Morgan fingerprint density at radius 1 is 1.25 bits per heavy atom. The van der Waals surface area contributed by atoms with E-state index in [-0.39, 0.29) is 6.61 Å². The van der Waals surface area contributed by atoms with Crippen molar-refractivity contribution in [1.29, 1.82) is 5.26 Å². The van der Waals surface area contributed by atoms with Gasteiger partial charge in [0.05, 0.1) is 29.1 Å². The summed E-state index contributed by atoms with van der Waals surface area (Å²) in [6.45, 7) is 5.83. The van der Waals surface area contributed by atoms with E-state index in [0.29, 0.717) is 27.6 Å². The molecule has 2 aromatic heterocycles. The minimum atomic E-state index is -0.456. The van der Waals surface area contributed by atoms with Crippen LogP contribution < -0.4 is 0 Å². The first-order chi connectivity index (χ1) is 13.5. The van der Waals surface area contributed by atoms with E-state index in [1.165, 1.54) is 17.3 Å². The predicted molar refractivity (Wildman–Crippen MR) is 111 cm³/mol. The molecular weight excluding hydrogens is 390 g/mol. The number of aryl methyl sites for hydroxylation is 2. The molecule has 7 heteroatoms. The molecule has 0 aliphatic rings. The van der Waals surface area contributed by atoms with Gasteiger partial charge in [-0.2, -0.15) is 5.26 Å². The fraction of sp³-hybridized carbons (Fsp3) is 0.238. The Kier molecular flexibility index (Phi) is 6.45. The highest BCUT2D eigenvalue weighted by molar-refractivity contribution is 7.98. The quantitative estimate of drug-likeness (QED) is 0.413. The van der Waals surface area contributed by atoms with Gasteiger partial charge in [-0.3, -0.25) is 0 Å². The average molecular weight is 410 g/mol. The van der Waals surface area contributed by atoms with Gasteiger partial charge in [-0.25, -0.2) is 14.8 Å². The van der Waals surface area contributed by atoms with Crippen LogP contribution in [0.2, 0.25) is 0 Å². The SMILES string of the molecule is CCOC(=O)c1cc(C#N)c(SCc2csc(-c3ccc(C)cc3)n2)nc1C. The number of ether oxygens (including phenoxy) is 1. The van der Waals surface area contributed by atoms with Crippen molar-refractivity contribution < 1.29 is 9.53 Å². The van der Waals surface area contributed by atoms with Crippen LogP contribution in [0.1, 0.15) is 39.8 Å². The monoisotopic (exact) mass is 409 g/mol. The fourth-order valence-electron chi connectivity index (χ4n) is 2.53. The van der Waals surface area contributed by atoms with Crippen LogP contribution in [0.15, 0.2) is 40.7 Å². The van der Waals surface area contributed by atoms with Crippen molar-refractivity contribution in [2.75, 3.05) is 6.61 Å². The Labute approximate surface area is 172 Å². The summed E-state index contributed by atoms with van der Waals surface area (Å²) >= 11 is 3.04. The molecule has 3 aromatic rings. The zero-order valence-corrected chi connectivity index (χ0v) is 17.5. The second-order valence-electron chi connectivity index (χ2n) is 6.11. The van der Waals surface area contributed by atoms with Gasteiger partial charge in [-0.15, -0.1) is 11.3 Å². The van der Waals surface area contributed by atoms with E-state index in [0.717, 1.165) is 16.3 Å². The van der Waals surface area contributed by atoms with Crippen LogP contribution in [-0.4, -0.2) is 22.5 Å². The second kappa shape index (κ2) is 9.00. The number of aromatic nitrogens is 2. The van der Waals surface area contributed by atoms with Crippen LogP contribution in [0.5, 0.6) is 0 Å². The minimum Gasteiger partial charge on any atom is -0.462 e. The van der Waals surface area contributed by atoms with Gasteiger partial charge in [0.2, 0.25) is 0 Å². The number of esters is 1. The van der Waals surface area contributed by atoms with Gasteiger partial charge in [0.1, 0.15) is 16.1 Å². The Morgan fingerprint density at radius 2 is 2.00 bits per heavy atom. The number of rotatable bonds is 6. The van der Waals surface area contributed by atoms with E-state index in [1.54, 1.807) is 31.3 Å². The summed E-state index contributed by atoms with van der Waals surface area (Å²) in [5.41, 5.74) is 4.50. The molecule has 2 heterocycles. The Bertz CT molecular complexity index is 1040. The number of hydrogen-bond acceptors (Lipinski definition) is 7. The highest BCUT2D eigenvalue weighted by Gasteiger charge is 2.16. The molecule has 0 atom stereocenters. The van der Waals surface area contributed by atoms with E-state index in [2.05, 4.69) is 47.2 Å². The van der Waals surface area contributed by atoms with Crippen LogP contribution in [-0.2, 0) is 10.5 Å². The Balaban J connectivity index is 1.76. The maximum atomic E-state index is 12.0. The summed E-state index contributed by atoms with van der Waals surface area (Å²) in [5.74, 6) is 0.144. The predicted octanol–water partition coefficient (Wildman–Crippen LogP) is 5.16. The molecule has 0 saturated carbocycles. The number of carbonyl (C=O) groups excluding carboxylic acids is 1. The lowest BCUT2D eigenvalue weighted by molar-refractivity contribution is 0.0524. The molecule has 28 heavy (non-hydrogen) atoms. The van der Waals surface area contributed by atoms with Gasteiger partial charge in [0.15, 0.2) is 0 Å². The van der Waals surface area contributed by atoms with Crippen molar-refractivity contribution in [1.82, 2.24) is 9.97 Å². The van der Waals surface area contributed by atoms with E-state index in [4.69, 9.17) is 4.74 Å². The number of thiazole rings is 1. The van der Waals surface area contributed by atoms with Crippen LogP contribution in [0.25, 0.3) is 10.6 Å². The van der Waals surface area contributed by atoms with Crippen molar-refractivity contribution >= 4 is 29.1 Å². The molecule has 0 spiro atoms. The van der Waals surface area contributed by atoms with Gasteiger partial charge in [-0.1, -0.05) is 41.6 Å². The molecule has 3 rings (SSSR count). The number of nitrogens with zero attached hydrogens (tertiary/aromatic N) is 3. The first-order valence-electron chi connectivity index (χ1n) is 8.75. The third kappa shape index (κ3) is 4.58. The Hall–Kier alpha value is -2.69. The number of carbonyl (C=O) groups is 1. The fourth-order valence-corrected chi connectivity index (χ4v) is 4.36. The van der Waals surface area contributed by atoms with Crippen molar-refractivity contribution in [2.45, 2.75) is 31.6 Å². The minimum absolute atomic E-state index is 0.282. The molecule has 0 N–H and O–H groups in total. The highest BCUT2D eigenvalue weighted by atomic mass is 32.2. The molecule has 0 amide bonds. The third-order valence-corrected chi connectivity index (χ3v) is 5.97. The van der Waals surface area contributed by atoms with Gasteiger partial charge in [0, 0.05) is 16.7 Å². The Morgan fingerprint density at radius 3 is 2.68 bits per heavy atom. The van der Waals surface area contributed by atoms with Gasteiger partial charge in [-0.05, 0) is 26.8 Å². The summed E-state index contributed by atoms with van der Waals surface area (Å²) in [6, 6.07) is 12.0. The molecule has 5 nitrogen and oxygen atoms in total. The number of hydrogen-bond donors (Lipinski definition) is 0. The van der Waals surface area contributed by atoms with Gasteiger partial charge >= 0.3 is 5.97 Å². The normalized spacial score (nSPS) is 10.5. The molecule has 1 aromatic carbocycles. The van der Waals surface area contributed by atoms with Crippen molar-refractivity contribution in [3.8, 4) is 16.6 Å². The van der Waals surface area contributed by atoms with Crippen molar-refractivity contribution in [3.63, 3.8) is 0 Å². The molecule has 0 radical (unpaired) electrons. The van der Waals surface area contributed by atoms with Crippen LogP contribution in [0.4, 0.5) is 0 Å². The summed E-state index contributed by atoms with van der Waals surface area (Å²) in [7, 11) is 0.